The average molecular weight is 226 g/mol. The largest absolute Gasteiger partial charge is 0.349 e. The van der Waals surface area contributed by atoms with Gasteiger partial charge >= 0.3 is 0 Å². The summed E-state index contributed by atoms with van der Waals surface area (Å²) in [5.74, 6) is 0.474. The van der Waals surface area contributed by atoms with E-state index in [1.807, 2.05) is 0 Å². The summed E-state index contributed by atoms with van der Waals surface area (Å²) in [5.41, 5.74) is -0.0170. The second-order valence-electron chi connectivity index (χ2n) is 5.25. The number of rotatable bonds is 6. The van der Waals surface area contributed by atoms with E-state index in [-0.39, 0.29) is 17.4 Å². The van der Waals surface area contributed by atoms with E-state index >= 15 is 0 Å². The minimum Gasteiger partial charge on any atom is -0.349 e. The Morgan fingerprint density at radius 3 is 2.44 bits per heavy atom. The predicted octanol–water partition coefficient (Wildman–Crippen LogP) is 2.07. The molecule has 0 aromatic heterocycles. The first-order valence-corrected chi connectivity index (χ1v) is 6.64. The van der Waals surface area contributed by atoms with Crippen LogP contribution in [0.3, 0.4) is 0 Å². The zero-order valence-corrected chi connectivity index (χ0v) is 10.9. The molecule has 1 fully saturated rings. The Morgan fingerprint density at radius 2 is 2.00 bits per heavy atom. The summed E-state index contributed by atoms with van der Waals surface area (Å²) < 4.78 is 0. The molecule has 1 unspecified atom stereocenters. The molecule has 1 amide bonds. The SMILES string of the molecule is CCCC(CCC)C(=O)NC1(C)CCNC1. The number of carbonyl (C=O) groups excluding carboxylic acids is 1. The van der Waals surface area contributed by atoms with Crippen molar-refractivity contribution in [3.8, 4) is 0 Å². The molecule has 3 nitrogen and oxygen atoms in total. The number of hydrogen-bond acceptors (Lipinski definition) is 2. The van der Waals surface area contributed by atoms with Gasteiger partial charge in [0, 0.05) is 12.5 Å². The van der Waals surface area contributed by atoms with Crippen molar-refractivity contribution in [3.05, 3.63) is 0 Å². The molecule has 0 aromatic rings. The zero-order chi connectivity index (χ0) is 12.0. The van der Waals surface area contributed by atoms with Crippen molar-refractivity contribution in [2.75, 3.05) is 13.1 Å². The lowest BCUT2D eigenvalue weighted by atomic mass is 9.94. The minimum absolute atomic E-state index is 0.0170. The molecule has 1 aliphatic heterocycles. The summed E-state index contributed by atoms with van der Waals surface area (Å²) in [5, 5.41) is 6.53. The van der Waals surface area contributed by atoms with Crippen LogP contribution in [0, 0.1) is 5.92 Å². The highest BCUT2D eigenvalue weighted by Crippen LogP contribution is 2.18. The van der Waals surface area contributed by atoms with Crippen LogP contribution in [0.5, 0.6) is 0 Å². The maximum absolute atomic E-state index is 12.1. The molecule has 0 aromatic carbocycles. The van der Waals surface area contributed by atoms with Gasteiger partial charge in [0.25, 0.3) is 0 Å². The molecule has 2 N–H and O–H groups in total. The van der Waals surface area contributed by atoms with Crippen molar-refractivity contribution in [2.24, 2.45) is 5.92 Å². The quantitative estimate of drug-likeness (QED) is 0.728. The number of nitrogens with one attached hydrogen (secondary N) is 2. The van der Waals surface area contributed by atoms with Gasteiger partial charge in [0.15, 0.2) is 0 Å². The lowest BCUT2D eigenvalue weighted by Crippen LogP contribution is -2.49. The topological polar surface area (TPSA) is 41.1 Å². The third kappa shape index (κ3) is 3.78. The van der Waals surface area contributed by atoms with Crippen LogP contribution < -0.4 is 10.6 Å². The highest BCUT2D eigenvalue weighted by Gasteiger charge is 2.31. The van der Waals surface area contributed by atoms with E-state index in [1.54, 1.807) is 0 Å². The Bertz CT molecular complexity index is 216. The summed E-state index contributed by atoms with van der Waals surface area (Å²) in [4.78, 5) is 12.1. The lowest BCUT2D eigenvalue weighted by molar-refractivity contribution is -0.127. The van der Waals surface area contributed by atoms with Crippen LogP contribution >= 0.6 is 0 Å². The summed E-state index contributed by atoms with van der Waals surface area (Å²) in [6.45, 7) is 8.36. The summed E-state index contributed by atoms with van der Waals surface area (Å²) in [7, 11) is 0. The fourth-order valence-electron chi connectivity index (χ4n) is 2.43. The molecule has 94 valence electrons. The van der Waals surface area contributed by atoms with Gasteiger partial charge in [-0.3, -0.25) is 4.79 Å². The Balaban J connectivity index is 2.47. The summed E-state index contributed by atoms with van der Waals surface area (Å²) >= 11 is 0. The second kappa shape index (κ2) is 6.24. The monoisotopic (exact) mass is 226 g/mol. The van der Waals surface area contributed by atoms with Gasteiger partial charge in [0.05, 0.1) is 5.54 Å². The fraction of sp³-hybridized carbons (Fsp3) is 0.923. The van der Waals surface area contributed by atoms with Crippen molar-refractivity contribution in [2.45, 2.75) is 58.4 Å². The molecular formula is C13H26N2O. The van der Waals surface area contributed by atoms with Crippen LogP contribution in [-0.4, -0.2) is 24.5 Å². The fourth-order valence-corrected chi connectivity index (χ4v) is 2.43. The van der Waals surface area contributed by atoms with Crippen LogP contribution in [-0.2, 0) is 4.79 Å². The van der Waals surface area contributed by atoms with E-state index in [4.69, 9.17) is 0 Å². The maximum Gasteiger partial charge on any atom is 0.223 e. The molecule has 1 heterocycles. The molecule has 0 bridgehead atoms. The Hall–Kier alpha value is -0.570. The molecular weight excluding hydrogens is 200 g/mol. The number of hydrogen-bond donors (Lipinski definition) is 2. The third-order valence-electron chi connectivity index (χ3n) is 3.44. The first kappa shape index (κ1) is 13.5. The molecule has 3 heteroatoms. The average Bonchev–Trinajstić information content (AvgIpc) is 2.64. The lowest BCUT2D eigenvalue weighted by Gasteiger charge is -2.27. The Labute approximate surface area is 99.4 Å². The highest BCUT2D eigenvalue weighted by atomic mass is 16.2. The maximum atomic E-state index is 12.1. The van der Waals surface area contributed by atoms with E-state index in [0.29, 0.717) is 0 Å². The van der Waals surface area contributed by atoms with E-state index in [1.165, 1.54) is 0 Å². The van der Waals surface area contributed by atoms with Crippen molar-refractivity contribution in [3.63, 3.8) is 0 Å². The van der Waals surface area contributed by atoms with Gasteiger partial charge in [-0.2, -0.15) is 0 Å². The molecule has 0 saturated carbocycles. The van der Waals surface area contributed by atoms with Crippen LogP contribution in [0.15, 0.2) is 0 Å². The van der Waals surface area contributed by atoms with Gasteiger partial charge in [-0.15, -0.1) is 0 Å². The number of carbonyl (C=O) groups is 1. The van der Waals surface area contributed by atoms with Crippen molar-refractivity contribution in [1.82, 2.24) is 10.6 Å². The molecule has 1 rings (SSSR count). The Morgan fingerprint density at radius 1 is 1.38 bits per heavy atom. The molecule has 0 spiro atoms. The van der Waals surface area contributed by atoms with E-state index in [9.17, 15) is 4.79 Å². The first-order chi connectivity index (χ1) is 7.61. The van der Waals surface area contributed by atoms with E-state index in [0.717, 1.165) is 45.2 Å². The van der Waals surface area contributed by atoms with Crippen LogP contribution in [0.2, 0.25) is 0 Å². The molecule has 0 aliphatic carbocycles. The van der Waals surface area contributed by atoms with Gasteiger partial charge in [0.2, 0.25) is 5.91 Å². The van der Waals surface area contributed by atoms with Crippen LogP contribution in [0.25, 0.3) is 0 Å². The standard InChI is InChI=1S/C13H26N2O/c1-4-6-11(7-5-2)12(16)15-13(3)8-9-14-10-13/h11,14H,4-10H2,1-3H3,(H,15,16). The molecule has 1 aliphatic rings. The van der Waals surface area contributed by atoms with Gasteiger partial charge in [0.1, 0.15) is 0 Å². The molecule has 1 atom stereocenters. The Kier molecular flexibility index (Phi) is 5.26. The van der Waals surface area contributed by atoms with Crippen molar-refractivity contribution >= 4 is 5.91 Å². The van der Waals surface area contributed by atoms with Crippen LogP contribution in [0.4, 0.5) is 0 Å². The molecule has 16 heavy (non-hydrogen) atoms. The van der Waals surface area contributed by atoms with Crippen molar-refractivity contribution in [1.29, 1.82) is 0 Å². The predicted molar refractivity (Wildman–Crippen MR) is 67.3 cm³/mol. The number of amides is 1. The zero-order valence-electron chi connectivity index (χ0n) is 10.9. The summed E-state index contributed by atoms with van der Waals surface area (Å²) in [6, 6.07) is 0. The van der Waals surface area contributed by atoms with Gasteiger partial charge < -0.3 is 10.6 Å². The minimum atomic E-state index is -0.0170. The normalized spacial score (nSPS) is 25.0. The van der Waals surface area contributed by atoms with E-state index < -0.39 is 0 Å². The highest BCUT2D eigenvalue weighted by molar-refractivity contribution is 5.79. The van der Waals surface area contributed by atoms with Crippen molar-refractivity contribution < 1.29 is 4.79 Å². The molecule has 0 radical (unpaired) electrons. The second-order valence-corrected chi connectivity index (χ2v) is 5.25. The van der Waals surface area contributed by atoms with Gasteiger partial charge in [-0.1, -0.05) is 26.7 Å². The third-order valence-corrected chi connectivity index (χ3v) is 3.44. The molecule has 1 saturated heterocycles. The first-order valence-electron chi connectivity index (χ1n) is 6.64. The smallest absolute Gasteiger partial charge is 0.223 e. The van der Waals surface area contributed by atoms with Crippen LogP contribution in [0.1, 0.15) is 52.9 Å². The summed E-state index contributed by atoms with van der Waals surface area (Å²) in [6.07, 6.45) is 5.26. The van der Waals surface area contributed by atoms with Gasteiger partial charge in [-0.25, -0.2) is 0 Å². The van der Waals surface area contributed by atoms with Gasteiger partial charge in [-0.05, 0) is 32.7 Å². The van der Waals surface area contributed by atoms with E-state index in [2.05, 4.69) is 31.4 Å².